The third kappa shape index (κ3) is 9.87. The van der Waals surface area contributed by atoms with Gasteiger partial charge >= 0.3 is 24.3 Å². The second kappa shape index (κ2) is 14.0. The van der Waals surface area contributed by atoms with Gasteiger partial charge in [0.05, 0.1) is 13.2 Å². The first-order valence-electron chi connectivity index (χ1n) is 12.0. The summed E-state index contributed by atoms with van der Waals surface area (Å²) in [7, 11) is 3.64. The lowest BCUT2D eigenvalue weighted by Gasteiger charge is -2.55. The molecule has 0 radical (unpaired) electrons. The van der Waals surface area contributed by atoms with E-state index in [0.29, 0.717) is 19.8 Å². The molecule has 1 spiro atoms. The molecular weight excluding hydrogens is 570 g/mol. The molecule has 11 nitrogen and oxygen atoms in total. The van der Waals surface area contributed by atoms with E-state index in [0.717, 1.165) is 26.2 Å². The minimum absolute atomic E-state index is 0.0136. The smallest absolute Gasteiger partial charge is 0.475 e. The zero-order valence-corrected chi connectivity index (χ0v) is 22.0. The molecule has 2 aliphatic rings. The zero-order chi connectivity index (χ0) is 31.0. The van der Waals surface area contributed by atoms with Crippen LogP contribution in [0.15, 0.2) is 30.5 Å². The Morgan fingerprint density at radius 1 is 1.07 bits per heavy atom. The number of alkyl halides is 6. The van der Waals surface area contributed by atoms with Crippen molar-refractivity contribution in [2.75, 3.05) is 53.6 Å². The van der Waals surface area contributed by atoms with Crippen molar-refractivity contribution in [1.29, 1.82) is 0 Å². The molecule has 2 aromatic rings. The van der Waals surface area contributed by atoms with Crippen molar-refractivity contribution in [3.8, 4) is 0 Å². The fourth-order valence-corrected chi connectivity index (χ4v) is 4.26. The third-order valence-corrected chi connectivity index (χ3v) is 6.11. The molecule has 1 amide bonds. The number of carboxylic acids is 2. The molecule has 3 heterocycles. The Morgan fingerprint density at radius 2 is 1.66 bits per heavy atom. The van der Waals surface area contributed by atoms with E-state index in [1.165, 1.54) is 16.5 Å². The lowest BCUT2D eigenvalue weighted by molar-refractivity contribution is -0.198. The maximum Gasteiger partial charge on any atom is 0.490 e. The number of likely N-dealkylation sites (N-methyl/N-ethyl adjacent to an activating group) is 1. The number of aromatic nitrogens is 1. The summed E-state index contributed by atoms with van der Waals surface area (Å²) in [5.41, 5.74) is 2.37. The second-order valence-electron chi connectivity index (χ2n) is 9.32. The molecule has 0 saturated carbocycles. The van der Waals surface area contributed by atoms with Crippen LogP contribution in [0.1, 0.15) is 5.56 Å². The molecule has 2 saturated heterocycles. The Bertz CT molecular complexity index is 1160. The maximum atomic E-state index is 12.3. The molecule has 4 N–H and O–H groups in total. The van der Waals surface area contributed by atoms with Gasteiger partial charge in [0.15, 0.2) is 0 Å². The van der Waals surface area contributed by atoms with E-state index >= 15 is 0 Å². The van der Waals surface area contributed by atoms with Crippen LogP contribution in [0.2, 0.25) is 0 Å². The van der Waals surface area contributed by atoms with E-state index in [2.05, 4.69) is 44.4 Å². The number of ether oxygens (including phenoxy) is 2. The minimum Gasteiger partial charge on any atom is -0.475 e. The van der Waals surface area contributed by atoms with Gasteiger partial charge in [0.1, 0.15) is 11.6 Å². The van der Waals surface area contributed by atoms with Crippen LogP contribution in [0.4, 0.5) is 26.3 Å². The van der Waals surface area contributed by atoms with Crippen LogP contribution in [0.25, 0.3) is 10.9 Å². The first kappa shape index (κ1) is 33.8. The molecule has 1 aromatic heterocycles. The summed E-state index contributed by atoms with van der Waals surface area (Å²) >= 11 is 0. The first-order valence-corrected chi connectivity index (χ1v) is 12.0. The fourth-order valence-electron chi connectivity index (χ4n) is 4.26. The highest BCUT2D eigenvalue weighted by atomic mass is 19.4. The van der Waals surface area contributed by atoms with Crippen molar-refractivity contribution in [3.63, 3.8) is 0 Å². The number of likely N-dealkylation sites (tertiary alicyclic amines) is 1. The highest BCUT2D eigenvalue weighted by molar-refractivity contribution is 5.83. The van der Waals surface area contributed by atoms with Gasteiger partial charge < -0.3 is 30.0 Å². The number of aromatic amines is 1. The number of nitrogens with zero attached hydrogens (tertiary/aromatic N) is 2. The average Bonchev–Trinajstić information content (AvgIpc) is 3.33. The number of methoxy groups -OCH3 is 1. The molecule has 41 heavy (non-hydrogen) atoms. The van der Waals surface area contributed by atoms with E-state index in [9.17, 15) is 31.1 Å². The summed E-state index contributed by atoms with van der Waals surface area (Å²) in [4.78, 5) is 37.9. The summed E-state index contributed by atoms with van der Waals surface area (Å²) in [5, 5.41) is 18.4. The quantitative estimate of drug-likeness (QED) is 0.289. The van der Waals surface area contributed by atoms with Crippen molar-refractivity contribution in [2.24, 2.45) is 0 Å². The molecular formula is C24H30F6N4O7. The summed E-state index contributed by atoms with van der Waals surface area (Å²) in [6.07, 6.45) is -8.18. The SMILES string of the molecule is COCCNC(=O)C1COC2(CN(Cc3cccc4[nH]ccc34)C2)CN1C.O=C(O)C(F)(F)F.O=C(O)C(F)(F)F. The van der Waals surface area contributed by atoms with Crippen molar-refractivity contribution in [3.05, 3.63) is 36.0 Å². The number of benzene rings is 1. The number of aliphatic carboxylic acids is 2. The number of halogens is 6. The van der Waals surface area contributed by atoms with E-state index in [1.54, 1.807) is 7.11 Å². The highest BCUT2D eigenvalue weighted by Gasteiger charge is 2.49. The molecule has 0 aliphatic carbocycles. The summed E-state index contributed by atoms with van der Waals surface area (Å²) < 4.78 is 74.6. The number of rotatable bonds is 6. The monoisotopic (exact) mass is 600 g/mol. The third-order valence-electron chi connectivity index (χ3n) is 6.11. The Hall–Kier alpha value is -3.41. The van der Waals surface area contributed by atoms with Crippen molar-refractivity contribution in [2.45, 2.75) is 30.5 Å². The van der Waals surface area contributed by atoms with Crippen molar-refractivity contribution in [1.82, 2.24) is 20.1 Å². The summed E-state index contributed by atoms with van der Waals surface area (Å²) in [5.74, 6) is -5.50. The molecule has 1 unspecified atom stereocenters. The number of nitrogens with one attached hydrogen (secondary N) is 2. The lowest BCUT2D eigenvalue weighted by Crippen LogP contribution is -2.72. The minimum atomic E-state index is -5.08. The van der Waals surface area contributed by atoms with Crippen LogP contribution in [-0.2, 0) is 30.4 Å². The molecule has 4 rings (SSSR count). The van der Waals surface area contributed by atoms with Gasteiger partial charge in [-0.3, -0.25) is 14.6 Å². The molecule has 2 aliphatic heterocycles. The standard InChI is InChI=1S/C20H28N4O3.2C2HF3O2/c1-23-12-20(27-11-18(23)19(25)22-8-9-26-2)13-24(14-20)10-15-4-3-5-17-16(15)6-7-21-17;2*3-2(4,5)1(6)7/h3-7,18,21H,8-14H2,1-2H3,(H,22,25);2*(H,6,7). The molecule has 1 atom stereocenters. The highest BCUT2D eigenvalue weighted by Crippen LogP contribution is 2.32. The zero-order valence-electron chi connectivity index (χ0n) is 22.0. The molecule has 230 valence electrons. The first-order chi connectivity index (χ1) is 19.0. The Kier molecular flexibility index (Phi) is 11.5. The van der Waals surface area contributed by atoms with Gasteiger partial charge in [0.2, 0.25) is 5.91 Å². The second-order valence-corrected chi connectivity index (χ2v) is 9.32. The fraction of sp³-hybridized carbons (Fsp3) is 0.542. The van der Waals surface area contributed by atoms with Crippen LogP contribution in [0.5, 0.6) is 0 Å². The van der Waals surface area contributed by atoms with E-state index in [4.69, 9.17) is 29.3 Å². The van der Waals surface area contributed by atoms with Crippen LogP contribution in [0.3, 0.4) is 0 Å². The Labute approximate surface area is 230 Å². The lowest BCUT2D eigenvalue weighted by atomic mass is 9.90. The van der Waals surface area contributed by atoms with Crippen molar-refractivity contribution >= 4 is 28.7 Å². The van der Waals surface area contributed by atoms with Gasteiger partial charge in [-0.15, -0.1) is 0 Å². The molecule has 17 heteroatoms. The number of hydrogen-bond donors (Lipinski definition) is 4. The van der Waals surface area contributed by atoms with Gasteiger partial charge in [0, 0.05) is 56.9 Å². The predicted molar refractivity (Wildman–Crippen MR) is 131 cm³/mol. The van der Waals surface area contributed by atoms with Crippen LogP contribution < -0.4 is 5.32 Å². The number of carboxylic acid groups (broad SMARTS) is 2. The predicted octanol–water partition coefficient (Wildman–Crippen LogP) is 2.08. The van der Waals surface area contributed by atoms with Crippen LogP contribution >= 0.6 is 0 Å². The maximum absolute atomic E-state index is 12.3. The van der Waals surface area contributed by atoms with E-state index in [1.807, 2.05) is 13.2 Å². The van der Waals surface area contributed by atoms with E-state index in [-0.39, 0.29) is 17.6 Å². The topological polar surface area (TPSA) is 144 Å². The molecule has 1 aromatic carbocycles. The van der Waals surface area contributed by atoms with E-state index < -0.39 is 24.3 Å². The van der Waals surface area contributed by atoms with Gasteiger partial charge in [-0.1, -0.05) is 12.1 Å². The van der Waals surface area contributed by atoms with Crippen LogP contribution in [-0.4, -0.2) is 120 Å². The number of hydrogen-bond acceptors (Lipinski definition) is 7. The van der Waals surface area contributed by atoms with Gasteiger partial charge in [-0.05, 0) is 24.7 Å². The van der Waals surface area contributed by atoms with Crippen molar-refractivity contribution < 1.29 is 60.4 Å². The number of fused-ring (bicyclic) bond motifs is 1. The summed E-state index contributed by atoms with van der Waals surface area (Å²) in [6, 6.07) is 8.30. The number of H-pyrrole nitrogens is 1. The largest absolute Gasteiger partial charge is 0.490 e. The van der Waals surface area contributed by atoms with Gasteiger partial charge in [-0.2, -0.15) is 26.3 Å². The molecule has 0 bridgehead atoms. The van der Waals surface area contributed by atoms with Gasteiger partial charge in [0.25, 0.3) is 0 Å². The van der Waals surface area contributed by atoms with Gasteiger partial charge in [-0.25, -0.2) is 9.59 Å². The number of carbonyl (C=O) groups is 3. The average molecular weight is 601 g/mol. The number of carbonyl (C=O) groups excluding carboxylic acids is 1. The Balaban J connectivity index is 0.000000349. The van der Waals surface area contributed by atoms with Crippen LogP contribution in [0, 0.1) is 0 Å². The number of morpholine rings is 1. The molecule has 2 fully saturated rings. The Morgan fingerprint density at radius 3 is 2.17 bits per heavy atom. The number of amides is 1. The summed E-state index contributed by atoms with van der Waals surface area (Å²) in [6.45, 7) is 4.99. The normalized spacial score (nSPS) is 18.9.